The second-order valence-corrected chi connectivity index (χ2v) is 18.8. The van der Waals surface area contributed by atoms with Gasteiger partial charge in [0.05, 0.1) is 86.1 Å². The number of hydrogen-bond acceptors (Lipinski definition) is 15. The zero-order chi connectivity index (χ0) is 55.2. The number of carbonyl (C=O) groups is 4. The van der Waals surface area contributed by atoms with E-state index in [-0.39, 0.29) is 86.8 Å². The maximum absolute atomic E-state index is 14.4. The fourth-order valence-electron chi connectivity index (χ4n) is 9.36. The summed E-state index contributed by atoms with van der Waals surface area (Å²) in [6, 6.07) is 31.4. The Balaban J connectivity index is 0.955. The van der Waals surface area contributed by atoms with Gasteiger partial charge in [0.2, 0.25) is 0 Å². The number of halogens is 2. The van der Waals surface area contributed by atoms with Crippen LogP contribution in [0.1, 0.15) is 91.9 Å². The molecule has 0 radical (unpaired) electrons. The average molecular weight is 1080 g/mol. The second kappa shape index (κ2) is 26.9. The van der Waals surface area contributed by atoms with Gasteiger partial charge in [0.25, 0.3) is 5.91 Å². The summed E-state index contributed by atoms with van der Waals surface area (Å²) < 4.78 is 48.5. The van der Waals surface area contributed by atoms with Gasteiger partial charge in [0.1, 0.15) is 5.82 Å². The van der Waals surface area contributed by atoms with Crippen LogP contribution in [0.2, 0.25) is 5.02 Å². The molecule has 4 aromatic carbocycles. The molecule has 0 aliphatic carbocycles. The third-order valence-corrected chi connectivity index (χ3v) is 13.1. The molecule has 0 fully saturated rings. The number of esters is 3. The van der Waals surface area contributed by atoms with E-state index >= 15 is 0 Å². The molecule has 3 heterocycles. The van der Waals surface area contributed by atoms with Crippen molar-refractivity contribution in [1.29, 1.82) is 0 Å². The number of methoxy groups -OCH3 is 1. The van der Waals surface area contributed by atoms with E-state index < -0.39 is 60.7 Å². The first-order valence-electron chi connectivity index (χ1n) is 25.2. The Kier molecular flexibility index (Phi) is 20.0. The lowest BCUT2D eigenvalue weighted by Crippen LogP contribution is -2.35. The lowest BCUT2D eigenvalue weighted by atomic mass is 9.80. The Bertz CT molecular complexity index is 3150. The van der Waals surface area contributed by atoms with Gasteiger partial charge < -0.3 is 58.5 Å². The molecule has 406 valence electrons. The molecule has 0 spiro atoms. The summed E-state index contributed by atoms with van der Waals surface area (Å²) >= 11 is 6.60. The Hall–Kier alpha value is -7.61. The standard InChI is InChI=1S/C58H62ClFN4O13/c1-6-74-57(70)51-44(62-35(4)48(56(69)72-5)50(51)42-19-13-14-20-43(42)59)32-73-28-26-61-31-45-46(77-58(71)76-45)33-75-47(67)30-41(66)29-40(65)25-27-64-53(34(2)3)52(55(68)63-39-17-11-8-12-18-39)49(36-15-9-7-10-16-36)54(64)37-21-23-38(60)24-22-37/h7-24,34,40-41,50,61-62,65-66H,6,25-33H2,1-5H3,(H,63,68). The van der Waals surface area contributed by atoms with Gasteiger partial charge in [0.15, 0.2) is 18.1 Å². The number of hydrogen-bond donors (Lipinski definition) is 5. The van der Waals surface area contributed by atoms with E-state index in [0.717, 1.165) is 5.56 Å². The van der Waals surface area contributed by atoms with Crippen LogP contribution in [0.4, 0.5) is 10.1 Å². The van der Waals surface area contributed by atoms with Crippen molar-refractivity contribution in [3.63, 3.8) is 0 Å². The van der Waals surface area contributed by atoms with Gasteiger partial charge in [-0.2, -0.15) is 0 Å². The second-order valence-electron chi connectivity index (χ2n) is 18.4. The van der Waals surface area contributed by atoms with Gasteiger partial charge in [-0.1, -0.05) is 92.2 Å². The molecule has 5 N–H and O–H groups in total. The molecule has 0 saturated heterocycles. The quantitative estimate of drug-likeness (QED) is 0.0205. The van der Waals surface area contributed by atoms with Crippen molar-refractivity contribution in [3.8, 4) is 22.4 Å². The molecule has 1 aliphatic heterocycles. The molecule has 17 nitrogen and oxygen atoms in total. The lowest BCUT2D eigenvalue weighted by Gasteiger charge is -2.31. The first kappa shape index (κ1) is 57.1. The van der Waals surface area contributed by atoms with Gasteiger partial charge in [-0.05, 0) is 91.8 Å². The van der Waals surface area contributed by atoms with Gasteiger partial charge in [-0.15, -0.1) is 0 Å². The minimum absolute atomic E-state index is 0.0282. The van der Waals surface area contributed by atoms with Crippen molar-refractivity contribution in [1.82, 2.24) is 15.2 Å². The summed E-state index contributed by atoms with van der Waals surface area (Å²) in [5.41, 5.74) is 6.01. The topological polar surface area (TPSA) is 230 Å². The molecule has 1 aliphatic rings. The van der Waals surface area contributed by atoms with Crippen LogP contribution < -0.4 is 21.8 Å². The van der Waals surface area contributed by atoms with E-state index in [1.165, 1.54) is 19.2 Å². The monoisotopic (exact) mass is 1080 g/mol. The lowest BCUT2D eigenvalue weighted by molar-refractivity contribution is -0.148. The summed E-state index contributed by atoms with van der Waals surface area (Å²) in [5, 5.41) is 31.9. The van der Waals surface area contributed by atoms with E-state index in [2.05, 4.69) is 16.0 Å². The van der Waals surface area contributed by atoms with E-state index in [9.17, 15) is 38.6 Å². The molecule has 6 aromatic rings. The molecule has 1 amide bonds. The third-order valence-electron chi connectivity index (χ3n) is 12.7. The maximum Gasteiger partial charge on any atom is 0.519 e. The average Bonchev–Trinajstić information content (AvgIpc) is 3.96. The zero-order valence-electron chi connectivity index (χ0n) is 43.4. The number of benzene rings is 4. The first-order chi connectivity index (χ1) is 37.1. The number of nitrogens with one attached hydrogen (secondary N) is 3. The summed E-state index contributed by atoms with van der Waals surface area (Å²) in [6.45, 7) is 7.24. The Morgan fingerprint density at radius 3 is 2.18 bits per heavy atom. The number of aliphatic hydroxyl groups excluding tert-OH is 2. The molecule has 19 heteroatoms. The molecular weight excluding hydrogens is 1020 g/mol. The number of para-hydroxylation sites is 1. The minimum atomic E-state index is -1.32. The van der Waals surface area contributed by atoms with E-state index in [1.807, 2.05) is 66.9 Å². The highest BCUT2D eigenvalue weighted by Gasteiger charge is 2.40. The van der Waals surface area contributed by atoms with E-state index in [4.69, 9.17) is 39.4 Å². The van der Waals surface area contributed by atoms with Crippen LogP contribution in [0.25, 0.3) is 22.4 Å². The highest BCUT2D eigenvalue weighted by Crippen LogP contribution is 2.44. The smallest absolute Gasteiger partial charge is 0.466 e. The zero-order valence-corrected chi connectivity index (χ0v) is 44.1. The van der Waals surface area contributed by atoms with Crippen molar-refractivity contribution in [2.45, 2.75) is 90.7 Å². The number of aliphatic hydroxyl groups is 2. The molecule has 77 heavy (non-hydrogen) atoms. The van der Waals surface area contributed by atoms with Gasteiger partial charge in [-0.25, -0.2) is 18.8 Å². The number of amides is 1. The fraction of sp³-hybridized carbons (Fsp3) is 0.328. The molecule has 0 saturated carbocycles. The van der Waals surface area contributed by atoms with Crippen LogP contribution in [0.3, 0.4) is 0 Å². The molecule has 2 aromatic heterocycles. The Morgan fingerprint density at radius 1 is 0.831 bits per heavy atom. The summed E-state index contributed by atoms with van der Waals surface area (Å²) in [4.78, 5) is 66.2. The van der Waals surface area contributed by atoms with Gasteiger partial charge in [0, 0.05) is 40.8 Å². The van der Waals surface area contributed by atoms with Crippen LogP contribution in [-0.4, -0.2) is 84.3 Å². The number of nitrogens with zero attached hydrogens (tertiary/aromatic N) is 1. The molecular formula is C58H62ClFN4O13. The van der Waals surface area contributed by atoms with Crippen LogP contribution >= 0.6 is 11.6 Å². The minimum Gasteiger partial charge on any atom is -0.466 e. The Morgan fingerprint density at radius 2 is 1.51 bits per heavy atom. The first-order valence-corrected chi connectivity index (χ1v) is 25.5. The van der Waals surface area contributed by atoms with E-state index in [1.54, 1.807) is 62.4 Å². The highest BCUT2D eigenvalue weighted by molar-refractivity contribution is 6.31. The molecule has 3 atom stereocenters. The predicted octanol–water partition coefficient (Wildman–Crippen LogP) is 8.93. The van der Waals surface area contributed by atoms with Gasteiger partial charge >= 0.3 is 23.7 Å². The molecule has 0 bridgehead atoms. The number of aromatic nitrogens is 1. The molecule has 7 rings (SSSR count). The van der Waals surface area contributed by atoms with Gasteiger partial charge in [-0.3, -0.25) is 9.59 Å². The predicted molar refractivity (Wildman–Crippen MR) is 285 cm³/mol. The van der Waals surface area contributed by atoms with Crippen molar-refractivity contribution in [2.24, 2.45) is 0 Å². The van der Waals surface area contributed by atoms with Crippen molar-refractivity contribution >= 4 is 41.1 Å². The summed E-state index contributed by atoms with van der Waals surface area (Å²) in [6.07, 6.45) is -3.02. The number of rotatable bonds is 25. The number of anilines is 1. The summed E-state index contributed by atoms with van der Waals surface area (Å²) in [5.74, 6) is -5.08. The number of ether oxygens (including phenoxy) is 4. The number of dihydropyridines is 1. The SMILES string of the molecule is CCOC(=O)C1=C(COCCNCc2oc(=O)oc2COC(=O)CC(O)CC(O)CCn2c(-c3ccc(F)cc3)c(-c3ccccc3)c(C(=O)Nc3ccccc3)c2C(C)C)NC(C)=C(C(=O)OC)C1c1ccccc1Cl. The van der Waals surface area contributed by atoms with Crippen molar-refractivity contribution < 1.29 is 61.6 Å². The Labute approximate surface area is 449 Å². The van der Waals surface area contributed by atoms with Crippen molar-refractivity contribution in [2.75, 3.05) is 38.8 Å². The molecule has 3 unspecified atom stereocenters. The van der Waals surface area contributed by atoms with Crippen LogP contribution in [-0.2, 0) is 53.0 Å². The fourth-order valence-corrected chi connectivity index (χ4v) is 9.61. The van der Waals surface area contributed by atoms with Crippen molar-refractivity contribution in [3.05, 3.63) is 182 Å². The van der Waals surface area contributed by atoms with Crippen LogP contribution in [0.5, 0.6) is 0 Å². The van der Waals surface area contributed by atoms with E-state index in [0.29, 0.717) is 55.7 Å². The third kappa shape index (κ3) is 14.3. The largest absolute Gasteiger partial charge is 0.519 e. The summed E-state index contributed by atoms with van der Waals surface area (Å²) in [7, 11) is 1.25. The normalized spacial score (nSPS) is 14.3. The van der Waals surface area contributed by atoms with Crippen LogP contribution in [0.15, 0.2) is 145 Å². The highest BCUT2D eigenvalue weighted by atomic mass is 35.5. The number of carbonyl (C=O) groups excluding carboxylic acids is 4. The number of allylic oxidation sites excluding steroid dienone is 1. The van der Waals surface area contributed by atoms with Crippen LogP contribution in [0, 0.1) is 5.82 Å². The maximum atomic E-state index is 14.4.